The van der Waals surface area contributed by atoms with Crippen molar-refractivity contribution in [2.75, 3.05) is 0 Å². The van der Waals surface area contributed by atoms with Gasteiger partial charge in [0.2, 0.25) is 11.6 Å². The molecule has 130 valence electrons. The van der Waals surface area contributed by atoms with Crippen molar-refractivity contribution in [1.82, 2.24) is 0 Å². The van der Waals surface area contributed by atoms with Gasteiger partial charge in [-0.05, 0) is 24.1 Å². The van der Waals surface area contributed by atoms with Crippen LogP contribution in [0.25, 0.3) is 0 Å². The van der Waals surface area contributed by atoms with Gasteiger partial charge >= 0.3 is 5.97 Å². The Labute approximate surface area is 146 Å². The van der Waals surface area contributed by atoms with Crippen LogP contribution in [0.4, 0.5) is 4.39 Å². The molecule has 1 amide bonds. The first-order chi connectivity index (χ1) is 11.1. The fraction of sp³-hybridized carbons (Fsp3) is 0.467. The molecule has 2 saturated carbocycles. The summed E-state index contributed by atoms with van der Waals surface area (Å²) in [4.78, 5) is 22.8. The van der Waals surface area contributed by atoms with Gasteiger partial charge in [0.25, 0.3) is 0 Å². The highest BCUT2D eigenvalue weighted by molar-refractivity contribution is 6.42. The van der Waals surface area contributed by atoms with Crippen LogP contribution in [0.1, 0.15) is 12.0 Å². The summed E-state index contributed by atoms with van der Waals surface area (Å²) in [5.74, 6) is -5.64. The molecule has 2 aliphatic carbocycles. The highest BCUT2D eigenvalue weighted by atomic mass is 35.5. The maximum Gasteiger partial charge on any atom is 0.342 e. The molecule has 0 heterocycles. The van der Waals surface area contributed by atoms with E-state index >= 15 is 0 Å². The van der Waals surface area contributed by atoms with Crippen LogP contribution in [-0.4, -0.2) is 28.4 Å². The van der Waals surface area contributed by atoms with Crippen LogP contribution in [0.5, 0.6) is 0 Å². The summed E-state index contributed by atoms with van der Waals surface area (Å²) in [6.07, 6.45) is -0.102. The third-order valence-corrected chi connectivity index (χ3v) is 5.64. The van der Waals surface area contributed by atoms with Crippen molar-refractivity contribution in [3.63, 3.8) is 0 Å². The number of primary amides is 1. The zero-order valence-electron chi connectivity index (χ0n) is 12.3. The summed E-state index contributed by atoms with van der Waals surface area (Å²) in [7, 11) is 0. The topological polar surface area (TPSA) is 116 Å². The molecule has 5 N–H and O–H groups in total. The van der Waals surface area contributed by atoms with E-state index in [0.717, 1.165) is 0 Å². The van der Waals surface area contributed by atoms with Gasteiger partial charge in [-0.15, -0.1) is 0 Å². The van der Waals surface area contributed by atoms with Gasteiger partial charge in [-0.25, -0.2) is 9.18 Å². The quantitative estimate of drug-likeness (QED) is 0.676. The first-order valence-electron chi connectivity index (χ1n) is 7.19. The number of carbonyl (C=O) groups excluding carboxylic acids is 1. The van der Waals surface area contributed by atoms with E-state index in [9.17, 15) is 14.0 Å². The zero-order chi connectivity index (χ0) is 17.9. The lowest BCUT2D eigenvalue weighted by atomic mass is 9.90. The minimum atomic E-state index is -2.46. The number of ether oxygens (including phenoxy) is 1. The number of carboxylic acids is 1. The lowest BCUT2D eigenvalue weighted by Gasteiger charge is -2.33. The molecule has 0 saturated heterocycles. The van der Waals surface area contributed by atoms with Crippen molar-refractivity contribution >= 4 is 35.1 Å². The Morgan fingerprint density at radius 3 is 2.58 bits per heavy atom. The second-order valence-corrected chi connectivity index (χ2v) is 7.10. The summed E-state index contributed by atoms with van der Waals surface area (Å²) < 4.78 is 20.0. The molecule has 6 nitrogen and oxygen atoms in total. The second kappa shape index (κ2) is 5.56. The van der Waals surface area contributed by atoms with Crippen molar-refractivity contribution in [1.29, 1.82) is 0 Å². The van der Waals surface area contributed by atoms with Gasteiger partial charge < -0.3 is 21.3 Å². The van der Waals surface area contributed by atoms with E-state index < -0.39 is 41.0 Å². The largest absolute Gasteiger partial charge is 0.479 e. The van der Waals surface area contributed by atoms with Crippen molar-refractivity contribution in [3.05, 3.63) is 33.8 Å². The predicted molar refractivity (Wildman–Crippen MR) is 83.9 cm³/mol. The van der Waals surface area contributed by atoms with Crippen LogP contribution in [0, 0.1) is 17.8 Å². The van der Waals surface area contributed by atoms with Gasteiger partial charge in [0.05, 0.1) is 22.6 Å². The third-order valence-electron chi connectivity index (χ3n) is 4.90. The Bertz CT molecular complexity index is 733. The van der Waals surface area contributed by atoms with Gasteiger partial charge in [-0.2, -0.15) is 0 Å². The van der Waals surface area contributed by atoms with E-state index in [4.69, 9.17) is 44.5 Å². The maximum absolute atomic E-state index is 14.4. The van der Waals surface area contributed by atoms with E-state index in [2.05, 4.69) is 0 Å². The first-order valence-corrected chi connectivity index (χ1v) is 7.95. The van der Waals surface area contributed by atoms with Crippen LogP contribution in [0.2, 0.25) is 10.0 Å². The summed E-state index contributed by atoms with van der Waals surface area (Å²) >= 11 is 11.7. The summed E-state index contributed by atoms with van der Waals surface area (Å²) in [5.41, 5.74) is 8.12. The molecule has 24 heavy (non-hydrogen) atoms. The first kappa shape index (κ1) is 17.4. The number of hydrogen-bond acceptors (Lipinski definition) is 4. The summed E-state index contributed by atoms with van der Waals surface area (Å²) in [6, 6.07) is 4.84. The minimum Gasteiger partial charge on any atom is -0.479 e. The Balaban J connectivity index is 1.77. The molecule has 0 aromatic heterocycles. The van der Waals surface area contributed by atoms with Crippen LogP contribution >= 0.6 is 23.2 Å². The van der Waals surface area contributed by atoms with Crippen molar-refractivity contribution in [3.8, 4) is 0 Å². The van der Waals surface area contributed by atoms with Gasteiger partial charge in [0.15, 0.2) is 0 Å². The van der Waals surface area contributed by atoms with Gasteiger partial charge in [-0.1, -0.05) is 29.3 Å². The van der Waals surface area contributed by atoms with Crippen LogP contribution < -0.4 is 11.5 Å². The summed E-state index contributed by atoms with van der Waals surface area (Å²) in [6.45, 7) is 0.00294. The predicted octanol–water partition coefficient (Wildman–Crippen LogP) is 1.71. The smallest absolute Gasteiger partial charge is 0.342 e. The molecule has 2 fully saturated rings. The van der Waals surface area contributed by atoms with E-state index in [1.54, 1.807) is 18.2 Å². The van der Waals surface area contributed by atoms with Gasteiger partial charge in [0, 0.05) is 11.8 Å². The van der Waals surface area contributed by atoms with Crippen LogP contribution in [0.15, 0.2) is 18.2 Å². The molecule has 1 aromatic rings. The van der Waals surface area contributed by atoms with E-state index in [1.807, 2.05) is 0 Å². The van der Waals surface area contributed by atoms with Gasteiger partial charge in [0.1, 0.15) is 5.72 Å². The molecule has 0 radical (unpaired) electrons. The van der Waals surface area contributed by atoms with E-state index in [0.29, 0.717) is 15.6 Å². The highest BCUT2D eigenvalue weighted by Gasteiger charge is 2.82. The molecule has 1 unspecified atom stereocenters. The van der Waals surface area contributed by atoms with Crippen molar-refractivity contribution in [2.24, 2.45) is 29.2 Å². The molecule has 5 atom stereocenters. The fourth-order valence-corrected chi connectivity index (χ4v) is 4.01. The Hall–Kier alpha value is -1.41. The lowest BCUT2D eigenvalue weighted by Crippen LogP contribution is -2.55. The Morgan fingerprint density at radius 2 is 2.04 bits per heavy atom. The van der Waals surface area contributed by atoms with E-state index in [-0.39, 0.29) is 13.0 Å². The van der Waals surface area contributed by atoms with E-state index in [1.165, 1.54) is 0 Å². The number of halogens is 3. The normalized spacial score (nSPS) is 37.1. The van der Waals surface area contributed by atoms with Crippen molar-refractivity contribution in [2.45, 2.75) is 24.4 Å². The monoisotopic (exact) mass is 376 g/mol. The average molecular weight is 377 g/mol. The lowest BCUT2D eigenvalue weighted by molar-refractivity contribution is -0.154. The van der Waals surface area contributed by atoms with Crippen LogP contribution in [-0.2, 0) is 20.9 Å². The average Bonchev–Trinajstić information content (AvgIpc) is 2.91. The number of rotatable bonds is 5. The molecule has 0 spiro atoms. The number of nitrogens with two attached hydrogens (primary N) is 2. The van der Waals surface area contributed by atoms with Crippen LogP contribution in [0.3, 0.4) is 0 Å². The zero-order valence-corrected chi connectivity index (χ0v) is 13.9. The van der Waals surface area contributed by atoms with Crippen molar-refractivity contribution < 1.29 is 23.8 Å². The molecule has 0 bridgehead atoms. The Morgan fingerprint density at radius 1 is 1.38 bits per heavy atom. The molecule has 1 aromatic carbocycles. The maximum atomic E-state index is 14.4. The molecular formula is C15H15Cl2FN2O4. The molecule has 3 rings (SSSR count). The number of fused-ring (bicyclic) bond motifs is 1. The number of carboxylic acid groups (broad SMARTS) is 1. The number of amides is 1. The molecule has 0 aliphatic heterocycles. The molecule has 2 aliphatic rings. The number of aliphatic carboxylic acids is 1. The fourth-order valence-electron chi connectivity index (χ4n) is 3.69. The number of benzene rings is 1. The molecular weight excluding hydrogens is 362 g/mol. The standard InChI is InChI=1S/C15H15Cl2FN2O4/c16-8-2-1-6(3-9(8)17)5-24-14(20)4-7-10(11(14)12(19)21)15(7,18)13(22)23/h1-3,7,10-11H,4-5,20H2,(H2,19,21)(H,22,23)/t7?,10-,11-,14+,15-/m1/s1. The van der Waals surface area contributed by atoms with Gasteiger partial charge in [-0.3, -0.25) is 4.79 Å². The minimum absolute atomic E-state index is 0.00294. The summed E-state index contributed by atoms with van der Waals surface area (Å²) in [5, 5.41) is 9.73. The second-order valence-electron chi connectivity index (χ2n) is 6.28. The Kier molecular flexibility index (Phi) is 4.03. The number of alkyl halides is 1. The highest BCUT2D eigenvalue weighted by Crippen LogP contribution is 2.68. The SMILES string of the molecule is NC(=O)[C@H]1[C@H]2C(C[C@]1(N)OCc1ccc(Cl)c(Cl)c1)[C@]2(F)C(=O)O. The number of hydrogen-bond donors (Lipinski definition) is 3. The third kappa shape index (κ3) is 2.47. The molecule has 9 heteroatoms. The number of carbonyl (C=O) groups is 2.